The number of hydrogen-bond acceptors (Lipinski definition) is 4. The van der Waals surface area contributed by atoms with Crippen molar-refractivity contribution in [1.82, 2.24) is 4.98 Å². The van der Waals surface area contributed by atoms with Crippen molar-refractivity contribution >= 4 is 11.6 Å². The van der Waals surface area contributed by atoms with Gasteiger partial charge in [-0.15, -0.1) is 0 Å². The number of ether oxygens (including phenoxy) is 2. The van der Waals surface area contributed by atoms with Crippen molar-refractivity contribution in [3.63, 3.8) is 0 Å². The molecular weight excluding hydrogens is 340 g/mol. The third-order valence-electron chi connectivity index (χ3n) is 4.05. The zero-order valence-electron chi connectivity index (χ0n) is 15.7. The summed E-state index contributed by atoms with van der Waals surface area (Å²) in [5.74, 6) is 1.28. The lowest BCUT2D eigenvalue weighted by Crippen LogP contribution is -2.14. The van der Waals surface area contributed by atoms with Gasteiger partial charge < -0.3 is 14.8 Å². The van der Waals surface area contributed by atoms with Crippen LogP contribution in [-0.2, 0) is 11.3 Å². The molecule has 0 fully saturated rings. The number of methoxy groups -OCH3 is 1. The van der Waals surface area contributed by atoms with Gasteiger partial charge in [0.2, 0.25) is 0 Å². The maximum atomic E-state index is 12.5. The van der Waals surface area contributed by atoms with Gasteiger partial charge in [-0.05, 0) is 62.4 Å². The van der Waals surface area contributed by atoms with Crippen molar-refractivity contribution in [1.29, 1.82) is 0 Å². The fraction of sp³-hybridized carbons (Fsp3) is 0.182. The van der Waals surface area contributed by atoms with Crippen LogP contribution in [0.4, 0.5) is 5.69 Å². The first-order chi connectivity index (χ1) is 13.0. The molecule has 3 aromatic rings. The summed E-state index contributed by atoms with van der Waals surface area (Å²) in [5, 5.41) is 2.88. The molecule has 2 aromatic carbocycles. The molecule has 3 rings (SSSR count). The highest BCUT2D eigenvalue weighted by molar-refractivity contribution is 6.05. The van der Waals surface area contributed by atoms with Crippen LogP contribution < -0.4 is 10.1 Å². The van der Waals surface area contributed by atoms with E-state index in [1.54, 1.807) is 19.2 Å². The molecule has 0 atom stereocenters. The summed E-state index contributed by atoms with van der Waals surface area (Å²) < 4.78 is 10.9. The molecule has 0 radical (unpaired) electrons. The van der Waals surface area contributed by atoms with Gasteiger partial charge in [0.05, 0.1) is 23.6 Å². The van der Waals surface area contributed by atoms with E-state index in [9.17, 15) is 4.79 Å². The zero-order valence-corrected chi connectivity index (χ0v) is 15.7. The fourth-order valence-corrected chi connectivity index (χ4v) is 2.63. The molecule has 1 aromatic heterocycles. The predicted octanol–water partition coefficient (Wildman–Crippen LogP) is 4.89. The summed E-state index contributed by atoms with van der Waals surface area (Å²) in [7, 11) is 1.61. The summed E-state index contributed by atoms with van der Waals surface area (Å²) in [5.41, 5.74) is 3.87. The molecular formula is C22H22N2O3. The lowest BCUT2D eigenvalue weighted by Gasteiger charge is -2.10. The molecule has 0 unspecified atom stereocenters. The Bertz CT molecular complexity index is 919. The molecule has 0 aliphatic heterocycles. The number of rotatable bonds is 6. The SMILES string of the molecule is COCc1ccc(C(=O)Nc2ccc(Oc3ccc(C)cc3)cc2)c(C)n1. The Labute approximate surface area is 159 Å². The minimum absolute atomic E-state index is 0.198. The average molecular weight is 362 g/mol. The quantitative estimate of drug-likeness (QED) is 0.678. The average Bonchev–Trinajstić information content (AvgIpc) is 2.65. The lowest BCUT2D eigenvalue weighted by molar-refractivity contribution is 0.102. The molecule has 138 valence electrons. The van der Waals surface area contributed by atoms with Gasteiger partial charge >= 0.3 is 0 Å². The second-order valence-corrected chi connectivity index (χ2v) is 6.26. The van der Waals surface area contributed by atoms with E-state index in [-0.39, 0.29) is 5.91 Å². The normalized spacial score (nSPS) is 10.5. The molecule has 27 heavy (non-hydrogen) atoms. The van der Waals surface area contributed by atoms with E-state index in [1.165, 1.54) is 5.56 Å². The number of nitrogens with zero attached hydrogens (tertiary/aromatic N) is 1. The van der Waals surface area contributed by atoms with Crippen molar-refractivity contribution in [2.24, 2.45) is 0 Å². The Morgan fingerprint density at radius 1 is 0.926 bits per heavy atom. The van der Waals surface area contributed by atoms with E-state index in [2.05, 4.69) is 10.3 Å². The minimum Gasteiger partial charge on any atom is -0.457 e. The minimum atomic E-state index is -0.198. The fourth-order valence-electron chi connectivity index (χ4n) is 2.63. The smallest absolute Gasteiger partial charge is 0.257 e. The van der Waals surface area contributed by atoms with E-state index in [4.69, 9.17) is 9.47 Å². The van der Waals surface area contributed by atoms with Crippen LogP contribution in [0.15, 0.2) is 60.7 Å². The number of carbonyl (C=O) groups excluding carboxylic acids is 1. The number of nitrogens with one attached hydrogen (secondary N) is 1. The van der Waals surface area contributed by atoms with Gasteiger partial charge in [-0.1, -0.05) is 17.7 Å². The van der Waals surface area contributed by atoms with Crippen LogP contribution >= 0.6 is 0 Å². The molecule has 0 saturated heterocycles. The molecule has 1 N–H and O–H groups in total. The number of anilines is 1. The van der Waals surface area contributed by atoms with Crippen LogP contribution in [0.25, 0.3) is 0 Å². The molecule has 1 heterocycles. The maximum absolute atomic E-state index is 12.5. The summed E-state index contributed by atoms with van der Waals surface area (Å²) >= 11 is 0. The summed E-state index contributed by atoms with van der Waals surface area (Å²) in [6.07, 6.45) is 0. The highest BCUT2D eigenvalue weighted by Crippen LogP contribution is 2.23. The molecule has 5 heteroatoms. The monoisotopic (exact) mass is 362 g/mol. The molecule has 0 aliphatic rings. The topological polar surface area (TPSA) is 60.5 Å². The van der Waals surface area contributed by atoms with Crippen molar-refractivity contribution < 1.29 is 14.3 Å². The first-order valence-electron chi connectivity index (χ1n) is 8.66. The number of aryl methyl sites for hydroxylation is 2. The summed E-state index contributed by atoms with van der Waals surface area (Å²) in [6, 6.07) is 18.7. The predicted molar refractivity (Wildman–Crippen MR) is 105 cm³/mol. The van der Waals surface area contributed by atoms with Gasteiger partial charge in [0.15, 0.2) is 0 Å². The highest BCUT2D eigenvalue weighted by Gasteiger charge is 2.11. The Balaban J connectivity index is 1.65. The molecule has 0 bridgehead atoms. The maximum Gasteiger partial charge on any atom is 0.257 e. The van der Waals surface area contributed by atoms with Crippen LogP contribution in [0.5, 0.6) is 11.5 Å². The number of pyridine rings is 1. The summed E-state index contributed by atoms with van der Waals surface area (Å²) in [4.78, 5) is 16.9. The van der Waals surface area contributed by atoms with Crippen LogP contribution in [0.2, 0.25) is 0 Å². The van der Waals surface area contributed by atoms with Crippen molar-refractivity contribution in [3.8, 4) is 11.5 Å². The first-order valence-corrected chi connectivity index (χ1v) is 8.66. The third-order valence-corrected chi connectivity index (χ3v) is 4.05. The number of amides is 1. The number of hydrogen-bond donors (Lipinski definition) is 1. The van der Waals surface area contributed by atoms with E-state index in [0.29, 0.717) is 29.3 Å². The number of carbonyl (C=O) groups is 1. The van der Waals surface area contributed by atoms with Crippen molar-refractivity contribution in [3.05, 3.63) is 83.2 Å². The van der Waals surface area contributed by atoms with E-state index in [1.807, 2.05) is 62.4 Å². The van der Waals surface area contributed by atoms with Gasteiger partial charge in [0.1, 0.15) is 11.5 Å². The Morgan fingerprint density at radius 3 is 2.15 bits per heavy atom. The Hall–Kier alpha value is -3.18. The van der Waals surface area contributed by atoms with Crippen LogP contribution in [0, 0.1) is 13.8 Å². The Morgan fingerprint density at radius 2 is 1.56 bits per heavy atom. The van der Waals surface area contributed by atoms with Gasteiger partial charge in [-0.3, -0.25) is 9.78 Å². The largest absolute Gasteiger partial charge is 0.457 e. The van der Waals surface area contributed by atoms with Gasteiger partial charge in [-0.25, -0.2) is 0 Å². The van der Waals surface area contributed by atoms with Crippen LogP contribution in [0.3, 0.4) is 0 Å². The van der Waals surface area contributed by atoms with Crippen LogP contribution in [-0.4, -0.2) is 18.0 Å². The molecule has 0 aliphatic carbocycles. The first kappa shape index (κ1) is 18.6. The standard InChI is InChI=1S/C22H22N2O3/c1-15-4-9-19(10-5-15)27-20-11-6-17(7-12-20)24-22(25)21-13-8-18(14-26-3)23-16(21)2/h4-13H,14H2,1-3H3,(H,24,25). The number of aromatic nitrogens is 1. The van der Waals surface area contributed by atoms with Gasteiger partial charge in [0.25, 0.3) is 5.91 Å². The molecule has 5 nitrogen and oxygen atoms in total. The highest BCUT2D eigenvalue weighted by atomic mass is 16.5. The third kappa shape index (κ3) is 4.92. The van der Waals surface area contributed by atoms with Gasteiger partial charge in [0, 0.05) is 12.8 Å². The molecule has 1 amide bonds. The summed E-state index contributed by atoms with van der Waals surface area (Å²) in [6.45, 7) is 4.27. The molecule has 0 spiro atoms. The van der Waals surface area contributed by atoms with Crippen molar-refractivity contribution in [2.75, 3.05) is 12.4 Å². The van der Waals surface area contributed by atoms with Gasteiger partial charge in [-0.2, -0.15) is 0 Å². The van der Waals surface area contributed by atoms with Crippen molar-refractivity contribution in [2.45, 2.75) is 20.5 Å². The second-order valence-electron chi connectivity index (χ2n) is 6.26. The Kier molecular flexibility index (Phi) is 5.84. The van der Waals surface area contributed by atoms with Crippen LogP contribution in [0.1, 0.15) is 27.3 Å². The number of benzene rings is 2. The second kappa shape index (κ2) is 8.47. The lowest BCUT2D eigenvalue weighted by atomic mass is 10.1. The van der Waals surface area contributed by atoms with E-state index in [0.717, 1.165) is 11.4 Å². The van der Waals surface area contributed by atoms with E-state index < -0.39 is 0 Å². The zero-order chi connectivity index (χ0) is 19.2. The van der Waals surface area contributed by atoms with E-state index >= 15 is 0 Å². The molecule has 0 saturated carbocycles.